The second kappa shape index (κ2) is 5.31. The molecular formula is C16H23NO. The number of hydrogen-bond acceptors (Lipinski definition) is 2. The van der Waals surface area contributed by atoms with Crippen LogP contribution in [0.5, 0.6) is 5.75 Å². The third-order valence-electron chi connectivity index (χ3n) is 4.49. The normalized spacial score (nSPS) is 23.7. The van der Waals surface area contributed by atoms with Crippen LogP contribution in [0.3, 0.4) is 0 Å². The lowest BCUT2D eigenvalue weighted by atomic mass is 9.86. The second-order valence-corrected chi connectivity index (χ2v) is 5.83. The highest BCUT2D eigenvalue weighted by atomic mass is 16.3. The molecule has 0 spiro atoms. The maximum absolute atomic E-state index is 10.4. The highest BCUT2D eigenvalue weighted by Gasteiger charge is 2.19. The molecule has 98 valence electrons. The number of aromatic hydroxyl groups is 1. The molecule has 1 aliphatic heterocycles. The zero-order valence-electron chi connectivity index (χ0n) is 11.0. The van der Waals surface area contributed by atoms with Crippen LogP contribution in [0.4, 0.5) is 0 Å². The van der Waals surface area contributed by atoms with Gasteiger partial charge in [-0.3, -0.25) is 0 Å². The molecule has 2 nitrogen and oxygen atoms in total. The molecule has 1 fully saturated rings. The Morgan fingerprint density at radius 2 is 2.06 bits per heavy atom. The molecule has 1 aromatic carbocycles. The maximum atomic E-state index is 10.4. The van der Waals surface area contributed by atoms with Crippen LogP contribution < -0.4 is 5.32 Å². The summed E-state index contributed by atoms with van der Waals surface area (Å²) < 4.78 is 0. The number of hydrogen-bond donors (Lipinski definition) is 2. The van der Waals surface area contributed by atoms with Crippen molar-refractivity contribution in [3.05, 3.63) is 28.8 Å². The Morgan fingerprint density at radius 3 is 2.89 bits per heavy atom. The fourth-order valence-electron chi connectivity index (χ4n) is 3.43. The van der Waals surface area contributed by atoms with E-state index in [1.54, 1.807) is 0 Å². The molecule has 2 aliphatic rings. The Kier molecular flexibility index (Phi) is 3.55. The minimum absolute atomic E-state index is 0.609. The molecule has 1 unspecified atom stereocenters. The van der Waals surface area contributed by atoms with E-state index < -0.39 is 0 Å². The Morgan fingerprint density at radius 1 is 1.17 bits per heavy atom. The molecule has 1 saturated heterocycles. The van der Waals surface area contributed by atoms with Crippen molar-refractivity contribution < 1.29 is 5.11 Å². The molecule has 0 saturated carbocycles. The summed E-state index contributed by atoms with van der Waals surface area (Å²) in [4.78, 5) is 0. The van der Waals surface area contributed by atoms with Gasteiger partial charge in [-0.05, 0) is 80.6 Å². The molecule has 0 bridgehead atoms. The third-order valence-corrected chi connectivity index (χ3v) is 4.49. The average Bonchev–Trinajstić information content (AvgIpc) is 2.43. The summed E-state index contributed by atoms with van der Waals surface area (Å²) in [5.41, 5.74) is 3.79. The summed E-state index contributed by atoms with van der Waals surface area (Å²) in [5.74, 6) is 1.31. The van der Waals surface area contributed by atoms with Crippen molar-refractivity contribution in [3.8, 4) is 5.75 Å². The van der Waals surface area contributed by atoms with Gasteiger partial charge in [0, 0.05) is 0 Å². The van der Waals surface area contributed by atoms with Gasteiger partial charge in [-0.15, -0.1) is 0 Å². The number of rotatable bonds is 2. The molecule has 1 atom stereocenters. The fourth-order valence-corrected chi connectivity index (χ4v) is 3.43. The quantitative estimate of drug-likeness (QED) is 0.839. The molecule has 0 amide bonds. The van der Waals surface area contributed by atoms with Crippen molar-refractivity contribution in [1.82, 2.24) is 5.32 Å². The van der Waals surface area contributed by atoms with Gasteiger partial charge in [0.1, 0.15) is 5.75 Å². The summed E-state index contributed by atoms with van der Waals surface area (Å²) in [6.45, 7) is 2.27. The summed E-state index contributed by atoms with van der Waals surface area (Å²) in [5, 5.41) is 13.9. The van der Waals surface area contributed by atoms with Gasteiger partial charge in [-0.2, -0.15) is 0 Å². The smallest absolute Gasteiger partial charge is 0.122 e. The van der Waals surface area contributed by atoms with Crippen molar-refractivity contribution >= 4 is 0 Å². The van der Waals surface area contributed by atoms with Crippen LogP contribution in [0.1, 0.15) is 42.4 Å². The van der Waals surface area contributed by atoms with Crippen LogP contribution in [0.25, 0.3) is 0 Å². The average molecular weight is 245 g/mol. The van der Waals surface area contributed by atoms with Gasteiger partial charge in [0.2, 0.25) is 0 Å². The van der Waals surface area contributed by atoms with E-state index in [4.69, 9.17) is 0 Å². The Balaban J connectivity index is 1.79. The van der Waals surface area contributed by atoms with Gasteiger partial charge in [0.15, 0.2) is 0 Å². The Labute approximate surface area is 109 Å². The first kappa shape index (κ1) is 12.0. The number of piperidine rings is 1. The zero-order chi connectivity index (χ0) is 12.4. The van der Waals surface area contributed by atoms with Gasteiger partial charge in [-0.1, -0.05) is 12.1 Å². The lowest BCUT2D eigenvalue weighted by Gasteiger charge is -2.24. The van der Waals surface area contributed by atoms with E-state index in [-0.39, 0.29) is 0 Å². The first-order valence-corrected chi connectivity index (χ1v) is 7.38. The largest absolute Gasteiger partial charge is 0.507 e. The van der Waals surface area contributed by atoms with Crippen molar-refractivity contribution in [2.24, 2.45) is 5.92 Å². The Bertz CT molecular complexity index is 421. The fraction of sp³-hybridized carbons (Fsp3) is 0.625. The predicted molar refractivity (Wildman–Crippen MR) is 74.0 cm³/mol. The van der Waals surface area contributed by atoms with Crippen molar-refractivity contribution in [3.63, 3.8) is 0 Å². The van der Waals surface area contributed by atoms with Gasteiger partial charge >= 0.3 is 0 Å². The Hall–Kier alpha value is -1.02. The summed E-state index contributed by atoms with van der Waals surface area (Å²) in [6, 6.07) is 4.41. The van der Waals surface area contributed by atoms with Crippen molar-refractivity contribution in [2.75, 3.05) is 13.1 Å². The van der Waals surface area contributed by atoms with E-state index in [0.29, 0.717) is 11.7 Å². The third kappa shape index (κ3) is 2.39. The van der Waals surface area contributed by atoms with Crippen LogP contribution in [-0.2, 0) is 19.3 Å². The minimum Gasteiger partial charge on any atom is -0.507 e. The number of aryl methyl sites for hydroxylation is 1. The number of phenolic OH excluding ortho intramolecular Hbond substituents is 1. The van der Waals surface area contributed by atoms with Crippen LogP contribution in [0.15, 0.2) is 12.1 Å². The van der Waals surface area contributed by atoms with Gasteiger partial charge in [0.25, 0.3) is 0 Å². The SMILES string of the molecule is Oc1c(CC2CCCNC2)ccc2c1CCCC2. The van der Waals surface area contributed by atoms with Gasteiger partial charge < -0.3 is 10.4 Å². The highest BCUT2D eigenvalue weighted by Crippen LogP contribution is 2.33. The van der Waals surface area contributed by atoms with Crippen LogP contribution in [-0.4, -0.2) is 18.2 Å². The van der Waals surface area contributed by atoms with E-state index in [0.717, 1.165) is 32.4 Å². The summed E-state index contributed by atoms with van der Waals surface area (Å²) >= 11 is 0. The standard InChI is InChI=1S/C16H23NO/c18-16-14(10-12-4-3-9-17-11-12)8-7-13-5-1-2-6-15(13)16/h7-8,12,17-18H,1-6,9-11H2. The molecule has 1 aliphatic carbocycles. The first-order valence-electron chi connectivity index (χ1n) is 7.38. The molecule has 1 aromatic rings. The molecule has 0 radical (unpaired) electrons. The summed E-state index contributed by atoms with van der Waals surface area (Å²) in [6.07, 6.45) is 8.32. The predicted octanol–water partition coefficient (Wildman–Crippen LogP) is 2.81. The molecule has 1 heterocycles. The zero-order valence-corrected chi connectivity index (χ0v) is 11.0. The van der Waals surface area contributed by atoms with Crippen LogP contribution in [0, 0.1) is 5.92 Å². The van der Waals surface area contributed by atoms with E-state index in [1.807, 2.05) is 0 Å². The van der Waals surface area contributed by atoms with Crippen molar-refractivity contribution in [1.29, 1.82) is 0 Å². The number of phenols is 1. The maximum Gasteiger partial charge on any atom is 0.122 e. The monoisotopic (exact) mass is 245 g/mol. The molecule has 18 heavy (non-hydrogen) atoms. The van der Waals surface area contributed by atoms with Gasteiger partial charge in [-0.25, -0.2) is 0 Å². The van der Waals surface area contributed by atoms with Crippen LogP contribution >= 0.6 is 0 Å². The van der Waals surface area contributed by atoms with Crippen LogP contribution in [0.2, 0.25) is 0 Å². The molecule has 0 aromatic heterocycles. The van der Waals surface area contributed by atoms with E-state index >= 15 is 0 Å². The molecule has 2 heteroatoms. The number of nitrogens with one attached hydrogen (secondary N) is 1. The van der Waals surface area contributed by atoms with E-state index in [9.17, 15) is 5.11 Å². The first-order chi connectivity index (χ1) is 8.84. The van der Waals surface area contributed by atoms with E-state index in [1.165, 1.54) is 42.4 Å². The minimum atomic E-state index is 0.609. The number of benzene rings is 1. The molecular weight excluding hydrogens is 222 g/mol. The second-order valence-electron chi connectivity index (χ2n) is 5.83. The molecule has 3 rings (SSSR count). The topological polar surface area (TPSA) is 32.3 Å². The lowest BCUT2D eigenvalue weighted by Crippen LogP contribution is -2.30. The van der Waals surface area contributed by atoms with E-state index in [2.05, 4.69) is 17.4 Å². The molecule has 2 N–H and O–H groups in total. The number of fused-ring (bicyclic) bond motifs is 1. The highest BCUT2D eigenvalue weighted by molar-refractivity contribution is 5.46. The van der Waals surface area contributed by atoms with Gasteiger partial charge in [0.05, 0.1) is 0 Å². The lowest BCUT2D eigenvalue weighted by molar-refractivity contribution is 0.368. The summed E-state index contributed by atoms with van der Waals surface area (Å²) in [7, 11) is 0. The van der Waals surface area contributed by atoms with Crippen molar-refractivity contribution in [2.45, 2.75) is 44.9 Å².